The minimum absolute atomic E-state index is 0.125. The fourth-order valence-electron chi connectivity index (χ4n) is 1.60. The van der Waals surface area contributed by atoms with Crippen molar-refractivity contribution in [3.63, 3.8) is 0 Å². The van der Waals surface area contributed by atoms with Crippen molar-refractivity contribution in [1.29, 1.82) is 0 Å². The molecule has 1 heterocycles. The van der Waals surface area contributed by atoms with E-state index in [0.29, 0.717) is 12.4 Å². The molecule has 4 heteroatoms. The summed E-state index contributed by atoms with van der Waals surface area (Å²) in [6.07, 6.45) is 2.13. The lowest BCUT2D eigenvalue weighted by Gasteiger charge is -2.20. The Kier molecular flexibility index (Phi) is 6.00. The largest absolute Gasteiger partial charge is 0.337 e. The van der Waals surface area contributed by atoms with Gasteiger partial charge in [0.15, 0.2) is 0 Å². The van der Waals surface area contributed by atoms with Gasteiger partial charge in [-0.1, -0.05) is 13.3 Å². The van der Waals surface area contributed by atoms with Crippen LogP contribution in [0.1, 0.15) is 39.9 Å². The van der Waals surface area contributed by atoms with Gasteiger partial charge >= 0.3 is 0 Å². The third-order valence-corrected chi connectivity index (χ3v) is 4.11. The number of unbranched alkanes of at least 4 members (excludes halogenated alkanes) is 1. The molecule has 0 spiro atoms. The molecular weight excluding hydrogens is 254 g/mol. The van der Waals surface area contributed by atoms with Crippen LogP contribution in [0.4, 0.5) is 0 Å². The van der Waals surface area contributed by atoms with Gasteiger partial charge in [-0.25, -0.2) is 0 Å². The van der Waals surface area contributed by atoms with E-state index in [2.05, 4.69) is 13.8 Å². The molecule has 1 aromatic heterocycles. The van der Waals surface area contributed by atoms with Crippen molar-refractivity contribution in [2.24, 2.45) is 0 Å². The molecule has 96 valence electrons. The maximum atomic E-state index is 12.3. The first-order valence-corrected chi connectivity index (χ1v) is 7.37. The van der Waals surface area contributed by atoms with E-state index in [1.807, 2.05) is 17.9 Å². The summed E-state index contributed by atoms with van der Waals surface area (Å²) in [7, 11) is 0. The highest BCUT2D eigenvalue weighted by Crippen LogP contribution is 2.22. The van der Waals surface area contributed by atoms with Crippen LogP contribution in [-0.2, 0) is 0 Å². The van der Waals surface area contributed by atoms with E-state index in [1.165, 1.54) is 10.4 Å². The molecule has 17 heavy (non-hydrogen) atoms. The molecule has 1 aromatic rings. The summed E-state index contributed by atoms with van der Waals surface area (Å²) in [5.41, 5.74) is 1.19. The Hall–Kier alpha value is -0.540. The third kappa shape index (κ3) is 4.00. The van der Waals surface area contributed by atoms with Gasteiger partial charge < -0.3 is 4.90 Å². The van der Waals surface area contributed by atoms with Gasteiger partial charge in [-0.15, -0.1) is 22.9 Å². The van der Waals surface area contributed by atoms with Gasteiger partial charge in [-0.05, 0) is 31.9 Å². The second-order valence-electron chi connectivity index (χ2n) is 4.18. The second kappa shape index (κ2) is 7.02. The standard InChI is InChI=1S/C13H20ClNOS/c1-4-5-7-15(8-6-14)13(16)12-9-10(2)11(3)17-12/h9H,4-8H2,1-3H3. The zero-order chi connectivity index (χ0) is 12.8. The number of carbonyl (C=O) groups is 1. The molecule has 0 saturated carbocycles. The lowest BCUT2D eigenvalue weighted by atomic mass is 10.2. The van der Waals surface area contributed by atoms with Crippen molar-refractivity contribution in [2.45, 2.75) is 33.6 Å². The quantitative estimate of drug-likeness (QED) is 0.721. The number of halogens is 1. The lowest BCUT2D eigenvalue weighted by Crippen LogP contribution is -2.33. The van der Waals surface area contributed by atoms with Crippen molar-refractivity contribution in [1.82, 2.24) is 4.90 Å². The van der Waals surface area contributed by atoms with Crippen LogP contribution in [0.25, 0.3) is 0 Å². The minimum Gasteiger partial charge on any atom is -0.337 e. The molecule has 0 aromatic carbocycles. The van der Waals surface area contributed by atoms with Gasteiger partial charge in [0, 0.05) is 23.8 Å². The highest BCUT2D eigenvalue weighted by Gasteiger charge is 2.17. The van der Waals surface area contributed by atoms with Gasteiger partial charge in [-0.3, -0.25) is 4.79 Å². The fourth-order valence-corrected chi connectivity index (χ4v) is 2.81. The molecule has 2 nitrogen and oxygen atoms in total. The molecule has 0 radical (unpaired) electrons. The lowest BCUT2D eigenvalue weighted by molar-refractivity contribution is 0.0768. The summed E-state index contributed by atoms with van der Waals surface area (Å²) in [6, 6.07) is 1.98. The highest BCUT2D eigenvalue weighted by molar-refractivity contribution is 7.14. The third-order valence-electron chi connectivity index (χ3n) is 2.80. The smallest absolute Gasteiger partial charge is 0.263 e. The molecular formula is C13H20ClNOS. The van der Waals surface area contributed by atoms with E-state index < -0.39 is 0 Å². The maximum absolute atomic E-state index is 12.3. The molecule has 1 amide bonds. The molecule has 0 atom stereocenters. The molecule has 0 saturated heterocycles. The van der Waals surface area contributed by atoms with Gasteiger partial charge in [0.2, 0.25) is 0 Å². The van der Waals surface area contributed by atoms with Gasteiger partial charge in [0.1, 0.15) is 0 Å². The molecule has 0 aliphatic rings. The Morgan fingerprint density at radius 1 is 1.41 bits per heavy atom. The second-order valence-corrected chi connectivity index (χ2v) is 5.82. The molecule has 0 bridgehead atoms. The number of hydrogen-bond donors (Lipinski definition) is 0. The summed E-state index contributed by atoms with van der Waals surface area (Å²) in [5, 5.41) is 0. The number of nitrogens with zero attached hydrogens (tertiary/aromatic N) is 1. The number of hydrogen-bond acceptors (Lipinski definition) is 2. The van der Waals surface area contributed by atoms with Crippen LogP contribution in [0, 0.1) is 13.8 Å². The van der Waals surface area contributed by atoms with E-state index in [0.717, 1.165) is 24.3 Å². The highest BCUT2D eigenvalue weighted by atomic mass is 35.5. The first kappa shape index (κ1) is 14.5. The van der Waals surface area contributed by atoms with Gasteiger partial charge in [-0.2, -0.15) is 0 Å². The number of thiophene rings is 1. The van der Waals surface area contributed by atoms with Crippen LogP contribution in [0.5, 0.6) is 0 Å². The van der Waals surface area contributed by atoms with Crippen LogP contribution in [-0.4, -0.2) is 29.8 Å². The Balaban J connectivity index is 2.76. The first-order valence-electron chi connectivity index (χ1n) is 6.02. The molecule has 1 rings (SSSR count). The number of alkyl halides is 1. The number of amides is 1. The van der Waals surface area contributed by atoms with Crippen LogP contribution in [0.2, 0.25) is 0 Å². The average Bonchev–Trinajstić information content (AvgIpc) is 2.64. The maximum Gasteiger partial charge on any atom is 0.263 e. The van der Waals surface area contributed by atoms with E-state index in [4.69, 9.17) is 11.6 Å². The number of rotatable bonds is 6. The topological polar surface area (TPSA) is 20.3 Å². The Morgan fingerprint density at radius 2 is 2.12 bits per heavy atom. The summed E-state index contributed by atoms with van der Waals surface area (Å²) >= 11 is 7.33. The van der Waals surface area contributed by atoms with E-state index >= 15 is 0 Å². The predicted molar refractivity (Wildman–Crippen MR) is 75.3 cm³/mol. The SMILES string of the molecule is CCCCN(CCCl)C(=O)c1cc(C)c(C)s1. The normalized spacial score (nSPS) is 10.6. The molecule has 0 fully saturated rings. The van der Waals surface area contributed by atoms with Crippen molar-refractivity contribution < 1.29 is 4.79 Å². The summed E-state index contributed by atoms with van der Waals surface area (Å²) in [5.74, 6) is 0.624. The average molecular weight is 274 g/mol. The van der Waals surface area contributed by atoms with E-state index in [1.54, 1.807) is 11.3 Å². The van der Waals surface area contributed by atoms with Crippen molar-refractivity contribution >= 4 is 28.8 Å². The van der Waals surface area contributed by atoms with Crippen molar-refractivity contribution in [2.75, 3.05) is 19.0 Å². The zero-order valence-corrected chi connectivity index (χ0v) is 12.3. The Morgan fingerprint density at radius 3 is 2.59 bits per heavy atom. The van der Waals surface area contributed by atoms with Crippen LogP contribution >= 0.6 is 22.9 Å². The van der Waals surface area contributed by atoms with Crippen molar-refractivity contribution in [3.8, 4) is 0 Å². The monoisotopic (exact) mass is 273 g/mol. The molecule has 0 unspecified atom stereocenters. The van der Waals surface area contributed by atoms with Crippen LogP contribution < -0.4 is 0 Å². The Labute approximate surface area is 113 Å². The fraction of sp³-hybridized carbons (Fsp3) is 0.615. The van der Waals surface area contributed by atoms with Crippen molar-refractivity contribution in [3.05, 3.63) is 21.4 Å². The predicted octanol–water partition coefficient (Wildman–Crippen LogP) is 3.85. The number of aryl methyl sites for hydroxylation is 2. The molecule has 0 aliphatic heterocycles. The van der Waals surface area contributed by atoms with E-state index in [9.17, 15) is 4.79 Å². The molecule has 0 N–H and O–H groups in total. The number of carbonyl (C=O) groups excluding carboxylic acids is 1. The van der Waals surface area contributed by atoms with Gasteiger partial charge in [0.25, 0.3) is 5.91 Å². The first-order chi connectivity index (χ1) is 8.10. The summed E-state index contributed by atoms with van der Waals surface area (Å²) < 4.78 is 0. The summed E-state index contributed by atoms with van der Waals surface area (Å²) in [4.78, 5) is 16.2. The minimum atomic E-state index is 0.125. The molecule has 0 aliphatic carbocycles. The Bertz CT molecular complexity index is 356. The van der Waals surface area contributed by atoms with Gasteiger partial charge in [0.05, 0.1) is 4.88 Å². The zero-order valence-electron chi connectivity index (χ0n) is 10.8. The van der Waals surface area contributed by atoms with Crippen LogP contribution in [0.3, 0.4) is 0 Å². The van der Waals surface area contributed by atoms with E-state index in [-0.39, 0.29) is 5.91 Å². The van der Waals surface area contributed by atoms with Crippen LogP contribution in [0.15, 0.2) is 6.07 Å². The summed E-state index contributed by atoms with van der Waals surface area (Å²) in [6.45, 7) is 7.66.